The molecule has 0 bridgehead atoms. The van der Waals surface area contributed by atoms with Crippen LogP contribution in [-0.2, 0) is 10.5 Å². The molecule has 158 valence electrons. The van der Waals surface area contributed by atoms with Crippen molar-refractivity contribution in [1.29, 1.82) is 0 Å². The lowest BCUT2D eigenvalue weighted by molar-refractivity contribution is -0.119. The molecule has 0 unspecified atom stereocenters. The maximum atomic E-state index is 13.6. The van der Waals surface area contributed by atoms with Gasteiger partial charge in [0.2, 0.25) is 5.91 Å². The number of aromatic nitrogens is 3. The van der Waals surface area contributed by atoms with E-state index in [1.54, 1.807) is 12.3 Å². The van der Waals surface area contributed by atoms with Crippen LogP contribution in [0.2, 0.25) is 0 Å². The summed E-state index contributed by atoms with van der Waals surface area (Å²) in [6, 6.07) is 17.5. The lowest BCUT2D eigenvalue weighted by Crippen LogP contribution is -2.26. The molecule has 1 amide bonds. The molecule has 4 rings (SSSR count). The number of imidazole rings is 1. The minimum absolute atomic E-state index is 0.121. The number of benzene rings is 2. The topological polar surface area (TPSA) is 59.8 Å². The fourth-order valence-corrected chi connectivity index (χ4v) is 4.40. The molecule has 1 N–H and O–H groups in total. The van der Waals surface area contributed by atoms with Crippen LogP contribution in [0.5, 0.6) is 0 Å². The van der Waals surface area contributed by atoms with E-state index < -0.39 is 6.04 Å². The molecule has 0 aliphatic carbocycles. The van der Waals surface area contributed by atoms with E-state index in [0.29, 0.717) is 23.0 Å². The second-order valence-electron chi connectivity index (χ2n) is 7.31. The number of anilines is 1. The van der Waals surface area contributed by atoms with Gasteiger partial charge in [-0.2, -0.15) is 0 Å². The molecule has 0 fully saturated rings. The number of fused-ring (bicyclic) bond motifs is 1. The molecule has 2 aromatic heterocycles. The Morgan fingerprint density at radius 1 is 1.16 bits per heavy atom. The summed E-state index contributed by atoms with van der Waals surface area (Å²) in [4.78, 5) is 22.4. The lowest BCUT2D eigenvalue weighted by Gasteiger charge is -2.19. The number of pyridine rings is 1. The normalized spacial score (nSPS) is 12.1. The molecule has 2 heterocycles. The van der Waals surface area contributed by atoms with Crippen molar-refractivity contribution >= 4 is 34.5 Å². The second kappa shape index (κ2) is 9.31. The van der Waals surface area contributed by atoms with E-state index in [0.717, 1.165) is 22.3 Å². The van der Waals surface area contributed by atoms with Crippen molar-refractivity contribution in [1.82, 2.24) is 14.5 Å². The highest BCUT2D eigenvalue weighted by atomic mass is 32.2. The van der Waals surface area contributed by atoms with Crippen molar-refractivity contribution in [2.45, 2.75) is 37.2 Å². The molecule has 5 nitrogen and oxygen atoms in total. The van der Waals surface area contributed by atoms with Crippen molar-refractivity contribution in [3.8, 4) is 0 Å². The van der Waals surface area contributed by atoms with Gasteiger partial charge < -0.3 is 5.32 Å². The molecule has 4 aromatic rings. The Bertz CT molecular complexity index is 1210. The summed E-state index contributed by atoms with van der Waals surface area (Å²) in [7, 11) is 0. The van der Waals surface area contributed by atoms with Crippen LogP contribution in [0, 0.1) is 12.7 Å². The first kappa shape index (κ1) is 21.1. The molecule has 0 saturated heterocycles. The molecule has 0 radical (unpaired) electrons. The Hall–Kier alpha value is -3.19. The molecule has 7 heteroatoms. The summed E-state index contributed by atoms with van der Waals surface area (Å²) in [5.41, 5.74) is 4.13. The van der Waals surface area contributed by atoms with Crippen molar-refractivity contribution < 1.29 is 9.18 Å². The molecule has 0 saturated carbocycles. The quantitative estimate of drug-likeness (QED) is 0.376. The van der Waals surface area contributed by atoms with Crippen LogP contribution in [0.25, 0.3) is 11.2 Å². The van der Waals surface area contributed by atoms with E-state index in [1.807, 2.05) is 60.9 Å². The molecular formula is C24H23FN4OS. The summed E-state index contributed by atoms with van der Waals surface area (Å²) in [5, 5.41) is 3.69. The highest BCUT2D eigenvalue weighted by Crippen LogP contribution is 2.31. The standard InChI is InChI=1S/C24H23FN4OS/c1-3-21(23(30)27-19-11-9-16(2)10-12-19)29-22-20(8-5-13-26-22)28-24(29)31-15-17-6-4-7-18(25)14-17/h4-14,21H,3,15H2,1-2H3,(H,27,30)/t21-/m1/s1. The number of hydrogen-bond donors (Lipinski definition) is 1. The third kappa shape index (κ3) is 4.77. The van der Waals surface area contributed by atoms with Crippen molar-refractivity contribution in [2.24, 2.45) is 0 Å². The van der Waals surface area contributed by atoms with E-state index in [9.17, 15) is 9.18 Å². The molecule has 0 aliphatic rings. The SMILES string of the molecule is CC[C@H](C(=O)Nc1ccc(C)cc1)n1c(SCc2cccc(F)c2)nc2cccnc21. The van der Waals surface area contributed by atoms with E-state index in [1.165, 1.54) is 23.9 Å². The van der Waals surface area contributed by atoms with Gasteiger partial charge in [-0.05, 0) is 55.3 Å². The van der Waals surface area contributed by atoms with Crippen LogP contribution in [0.15, 0.2) is 72.0 Å². The lowest BCUT2D eigenvalue weighted by atomic mass is 10.2. The van der Waals surface area contributed by atoms with E-state index in [2.05, 4.69) is 10.3 Å². The van der Waals surface area contributed by atoms with Gasteiger partial charge in [0.25, 0.3) is 0 Å². The van der Waals surface area contributed by atoms with Crippen LogP contribution in [0.3, 0.4) is 0 Å². The van der Waals surface area contributed by atoms with Gasteiger partial charge in [0.15, 0.2) is 10.8 Å². The number of carbonyl (C=O) groups is 1. The number of rotatable bonds is 7. The van der Waals surface area contributed by atoms with E-state index in [-0.39, 0.29) is 11.7 Å². The van der Waals surface area contributed by atoms with Gasteiger partial charge in [0.05, 0.1) is 0 Å². The fraction of sp³-hybridized carbons (Fsp3) is 0.208. The Morgan fingerprint density at radius 3 is 2.71 bits per heavy atom. The highest BCUT2D eigenvalue weighted by Gasteiger charge is 2.25. The molecule has 2 aromatic carbocycles. The van der Waals surface area contributed by atoms with Gasteiger partial charge in [-0.1, -0.05) is 48.5 Å². The molecule has 0 spiro atoms. The number of nitrogens with zero attached hydrogens (tertiary/aromatic N) is 3. The summed E-state index contributed by atoms with van der Waals surface area (Å²) in [6.07, 6.45) is 2.28. The monoisotopic (exact) mass is 434 g/mol. The van der Waals surface area contributed by atoms with E-state index in [4.69, 9.17) is 4.98 Å². The fourth-order valence-electron chi connectivity index (χ4n) is 3.41. The second-order valence-corrected chi connectivity index (χ2v) is 8.25. The molecule has 1 atom stereocenters. The predicted molar refractivity (Wildman–Crippen MR) is 123 cm³/mol. The smallest absolute Gasteiger partial charge is 0.247 e. The van der Waals surface area contributed by atoms with Crippen LogP contribution >= 0.6 is 11.8 Å². The number of nitrogens with one attached hydrogen (secondary N) is 1. The van der Waals surface area contributed by atoms with Gasteiger partial charge in [-0.25, -0.2) is 14.4 Å². The molecular weight excluding hydrogens is 411 g/mol. The third-order valence-electron chi connectivity index (χ3n) is 4.99. The number of hydrogen-bond acceptors (Lipinski definition) is 4. The van der Waals surface area contributed by atoms with Gasteiger partial charge in [-0.15, -0.1) is 0 Å². The Balaban J connectivity index is 1.65. The van der Waals surface area contributed by atoms with Gasteiger partial charge in [0, 0.05) is 17.6 Å². The Morgan fingerprint density at radius 2 is 1.97 bits per heavy atom. The Kier molecular flexibility index (Phi) is 6.32. The average Bonchev–Trinajstić information content (AvgIpc) is 3.13. The maximum absolute atomic E-state index is 13.6. The zero-order valence-corrected chi connectivity index (χ0v) is 18.2. The first-order chi connectivity index (χ1) is 15.0. The largest absolute Gasteiger partial charge is 0.324 e. The molecule has 31 heavy (non-hydrogen) atoms. The van der Waals surface area contributed by atoms with E-state index >= 15 is 0 Å². The third-order valence-corrected chi connectivity index (χ3v) is 6.02. The summed E-state index contributed by atoms with van der Waals surface area (Å²) < 4.78 is 15.5. The number of aryl methyl sites for hydroxylation is 1. The van der Waals surface area contributed by atoms with Crippen LogP contribution in [-0.4, -0.2) is 20.4 Å². The number of thioether (sulfide) groups is 1. The zero-order chi connectivity index (χ0) is 21.8. The summed E-state index contributed by atoms with van der Waals surface area (Å²) >= 11 is 1.47. The zero-order valence-electron chi connectivity index (χ0n) is 17.4. The maximum Gasteiger partial charge on any atom is 0.247 e. The number of amides is 1. The van der Waals surface area contributed by atoms with Crippen LogP contribution in [0.1, 0.15) is 30.5 Å². The summed E-state index contributed by atoms with van der Waals surface area (Å²) in [6.45, 7) is 3.97. The number of halogens is 1. The number of carbonyl (C=O) groups excluding carboxylic acids is 1. The minimum Gasteiger partial charge on any atom is -0.324 e. The van der Waals surface area contributed by atoms with Gasteiger partial charge >= 0.3 is 0 Å². The highest BCUT2D eigenvalue weighted by molar-refractivity contribution is 7.98. The average molecular weight is 435 g/mol. The van der Waals surface area contributed by atoms with Crippen LogP contribution < -0.4 is 5.32 Å². The van der Waals surface area contributed by atoms with Crippen molar-refractivity contribution in [2.75, 3.05) is 5.32 Å². The van der Waals surface area contributed by atoms with Crippen molar-refractivity contribution in [3.05, 3.63) is 83.8 Å². The van der Waals surface area contributed by atoms with Crippen molar-refractivity contribution in [3.63, 3.8) is 0 Å². The van der Waals surface area contributed by atoms with Gasteiger partial charge in [0.1, 0.15) is 17.4 Å². The van der Waals surface area contributed by atoms with Crippen LogP contribution in [0.4, 0.5) is 10.1 Å². The Labute approximate surface area is 184 Å². The van der Waals surface area contributed by atoms with Gasteiger partial charge in [-0.3, -0.25) is 9.36 Å². The first-order valence-corrected chi connectivity index (χ1v) is 11.1. The molecule has 0 aliphatic heterocycles. The predicted octanol–water partition coefficient (Wildman–Crippen LogP) is 5.76. The first-order valence-electron chi connectivity index (χ1n) is 10.1. The summed E-state index contributed by atoms with van der Waals surface area (Å²) in [5.74, 6) is 0.151. The minimum atomic E-state index is -0.476.